The van der Waals surface area contributed by atoms with Crippen LogP contribution in [-0.2, 0) is 60.8 Å². The molecule has 0 bridgehead atoms. The Kier molecular flexibility index (Phi) is 43.9. The largest absolute Gasteiger partial charge is 3.00 e. The van der Waals surface area contributed by atoms with Crippen LogP contribution in [0.15, 0.2) is 0 Å². The van der Waals surface area contributed by atoms with Gasteiger partial charge in [0.05, 0.1) is 60.4 Å². The molecule has 0 saturated heterocycles. The first kappa shape index (κ1) is 47.9. The Morgan fingerprint density at radius 1 is 0.438 bits per heavy atom. The summed E-state index contributed by atoms with van der Waals surface area (Å²) in [7, 11) is 0. The molecule has 0 aromatic rings. The second-order valence-corrected chi connectivity index (χ2v) is 4.98. The van der Waals surface area contributed by atoms with E-state index in [1.54, 1.807) is 0 Å². The van der Waals surface area contributed by atoms with Crippen molar-refractivity contribution in [2.45, 2.75) is 65.1 Å². The summed E-state index contributed by atoms with van der Waals surface area (Å²) < 4.78 is 0. The standard InChI is InChI=1S/5C3H6O3.Cr.Zn/c5*1-2(4)3(5)6;;/h5*2,4H,1H3,(H,5,6);;/q;;;;;+3;+2/p-5. The van der Waals surface area contributed by atoms with Gasteiger partial charge in [0, 0.05) is 0 Å². The third-order valence-corrected chi connectivity index (χ3v) is 1.71. The average Bonchev–Trinajstić information content (AvgIpc) is 2.56. The number of hydrogen-bond donors (Lipinski definition) is 5. The quantitative estimate of drug-likeness (QED) is 0.194. The summed E-state index contributed by atoms with van der Waals surface area (Å²) in [6.45, 7) is 5.67. The number of hydrogen-bond acceptors (Lipinski definition) is 15. The number of carboxylic acid groups (broad SMARTS) is 5. The van der Waals surface area contributed by atoms with Crippen LogP contribution in [-0.4, -0.2) is 85.9 Å². The maximum Gasteiger partial charge on any atom is 3.00 e. The number of aliphatic hydroxyl groups is 5. The van der Waals surface area contributed by atoms with E-state index in [9.17, 15) is 49.5 Å². The first-order valence-corrected chi connectivity index (χ1v) is 7.66. The fourth-order valence-corrected chi connectivity index (χ4v) is 0. The molecule has 0 aromatic carbocycles. The number of carboxylic acids is 5. The van der Waals surface area contributed by atoms with E-state index in [-0.39, 0.29) is 36.8 Å². The molecule has 183 valence electrons. The average molecular weight is 563 g/mol. The monoisotopic (exact) mass is 561 g/mol. The van der Waals surface area contributed by atoms with E-state index in [4.69, 9.17) is 25.5 Å². The third-order valence-electron chi connectivity index (χ3n) is 1.71. The van der Waals surface area contributed by atoms with Crippen molar-refractivity contribution >= 4 is 29.8 Å². The van der Waals surface area contributed by atoms with Gasteiger partial charge >= 0.3 is 36.8 Å². The Morgan fingerprint density at radius 2 is 0.469 bits per heavy atom. The van der Waals surface area contributed by atoms with Crippen molar-refractivity contribution in [1.29, 1.82) is 0 Å². The molecular formula is C15H25CrO15Zn. The van der Waals surface area contributed by atoms with Crippen LogP contribution >= 0.6 is 0 Å². The van der Waals surface area contributed by atoms with Gasteiger partial charge in [-0.2, -0.15) is 0 Å². The fourth-order valence-electron chi connectivity index (χ4n) is 0. The number of rotatable bonds is 5. The van der Waals surface area contributed by atoms with Crippen molar-refractivity contribution in [3.8, 4) is 0 Å². The molecule has 0 aliphatic heterocycles. The Balaban J connectivity index is -0.0000000481. The predicted molar refractivity (Wildman–Crippen MR) is 83.4 cm³/mol. The van der Waals surface area contributed by atoms with E-state index in [1.807, 2.05) is 0 Å². The molecule has 0 aliphatic carbocycles. The Hall–Kier alpha value is -1.69. The number of aliphatic carboxylic acids is 5. The van der Waals surface area contributed by atoms with Gasteiger partial charge in [-0.15, -0.1) is 0 Å². The van der Waals surface area contributed by atoms with Crippen LogP contribution in [0.25, 0.3) is 0 Å². The van der Waals surface area contributed by atoms with Gasteiger partial charge in [0.2, 0.25) is 0 Å². The maximum absolute atomic E-state index is 9.34. The van der Waals surface area contributed by atoms with Crippen LogP contribution in [0.1, 0.15) is 34.6 Å². The molecule has 0 aliphatic rings. The number of carbonyl (C=O) groups is 5. The van der Waals surface area contributed by atoms with E-state index >= 15 is 0 Å². The van der Waals surface area contributed by atoms with E-state index in [1.165, 1.54) is 0 Å². The van der Waals surface area contributed by atoms with Gasteiger partial charge in [-0.3, -0.25) is 0 Å². The second-order valence-electron chi connectivity index (χ2n) is 4.98. The van der Waals surface area contributed by atoms with E-state index in [0.29, 0.717) is 0 Å². The zero-order chi connectivity index (χ0) is 25.8. The van der Waals surface area contributed by atoms with Crippen LogP contribution in [0.4, 0.5) is 0 Å². The van der Waals surface area contributed by atoms with E-state index in [0.717, 1.165) is 34.6 Å². The first-order chi connectivity index (χ1) is 13.2. The van der Waals surface area contributed by atoms with Gasteiger partial charge in [-0.1, -0.05) is 0 Å². The molecule has 0 aromatic heterocycles. The summed E-state index contributed by atoms with van der Waals surface area (Å²) in [6.07, 6.45) is -6.71. The molecule has 0 fully saturated rings. The molecule has 0 rings (SSSR count). The topological polar surface area (TPSA) is 302 Å². The van der Waals surface area contributed by atoms with Gasteiger partial charge < -0.3 is 75.0 Å². The Morgan fingerprint density at radius 3 is 0.469 bits per heavy atom. The van der Waals surface area contributed by atoms with Gasteiger partial charge in [-0.05, 0) is 34.6 Å². The smallest absolute Gasteiger partial charge is 0.547 e. The zero-order valence-corrected chi connectivity index (χ0v) is 22.1. The van der Waals surface area contributed by atoms with Crippen LogP contribution in [0.5, 0.6) is 0 Å². The summed E-state index contributed by atoms with van der Waals surface area (Å²) in [5.74, 6) is -7.18. The van der Waals surface area contributed by atoms with Crippen molar-refractivity contribution in [2.24, 2.45) is 0 Å². The van der Waals surface area contributed by atoms with Crippen LogP contribution < -0.4 is 25.5 Å². The van der Waals surface area contributed by atoms with E-state index < -0.39 is 60.4 Å². The Bertz CT molecular complexity index is 403. The molecule has 5 unspecified atom stereocenters. The van der Waals surface area contributed by atoms with E-state index in [2.05, 4.69) is 0 Å². The fraction of sp³-hybridized carbons (Fsp3) is 0.667. The van der Waals surface area contributed by atoms with Gasteiger partial charge in [0.1, 0.15) is 0 Å². The summed E-state index contributed by atoms with van der Waals surface area (Å²) in [5, 5.41) is 86.5. The van der Waals surface area contributed by atoms with Crippen molar-refractivity contribution in [1.82, 2.24) is 0 Å². The minimum absolute atomic E-state index is 0. The molecule has 0 heterocycles. The zero-order valence-electron chi connectivity index (χ0n) is 17.8. The molecule has 0 saturated carbocycles. The summed E-state index contributed by atoms with van der Waals surface area (Å²) in [6, 6.07) is 0. The summed E-state index contributed by atoms with van der Waals surface area (Å²) >= 11 is 0. The molecule has 5 N–H and O–H groups in total. The van der Waals surface area contributed by atoms with Crippen molar-refractivity contribution in [2.75, 3.05) is 0 Å². The second kappa shape index (κ2) is 29.3. The van der Waals surface area contributed by atoms with Crippen molar-refractivity contribution in [3.05, 3.63) is 0 Å². The molecule has 5 atom stereocenters. The van der Waals surface area contributed by atoms with Crippen LogP contribution in [0.2, 0.25) is 0 Å². The molecule has 0 spiro atoms. The molecule has 32 heavy (non-hydrogen) atoms. The minimum Gasteiger partial charge on any atom is -0.547 e. The van der Waals surface area contributed by atoms with Gasteiger partial charge in [0.25, 0.3) is 0 Å². The summed E-state index contributed by atoms with van der Waals surface area (Å²) in [4.78, 5) is 46.7. The third kappa shape index (κ3) is 63.0. The molecule has 0 amide bonds. The maximum atomic E-state index is 9.34. The minimum atomic E-state index is -1.44. The molecule has 15 nitrogen and oxygen atoms in total. The van der Waals surface area contributed by atoms with Crippen LogP contribution in [0.3, 0.4) is 0 Å². The predicted octanol–water partition coefficient (Wildman–Crippen LogP) is -9.42. The molecule has 1 radical (unpaired) electrons. The first-order valence-electron chi connectivity index (χ1n) is 7.66. The van der Waals surface area contributed by atoms with Gasteiger partial charge in [-0.25, -0.2) is 0 Å². The summed E-state index contributed by atoms with van der Waals surface area (Å²) in [5.41, 5.74) is 0. The normalized spacial score (nSPS) is 12.8. The number of aliphatic hydroxyl groups excluding tert-OH is 5. The van der Waals surface area contributed by atoms with Gasteiger partial charge in [0.15, 0.2) is 0 Å². The molecular weight excluding hydrogens is 538 g/mol. The van der Waals surface area contributed by atoms with Crippen molar-refractivity contribution in [3.63, 3.8) is 0 Å². The molecule has 17 heteroatoms. The Labute approximate surface area is 206 Å². The number of carbonyl (C=O) groups excluding carboxylic acids is 5. The van der Waals surface area contributed by atoms with Crippen LogP contribution in [0, 0.1) is 0 Å². The SMILES string of the molecule is CC(O)C(=O)[O-].CC(O)C(=O)[O-].CC(O)C(=O)[O-].CC(O)C(=O)[O-].CC(O)C(=O)[O-].[Cr+3].[Zn+2]. The van der Waals surface area contributed by atoms with Crippen molar-refractivity contribution < 1.29 is 112 Å².